The quantitative estimate of drug-likeness (QED) is 0.0983. The fraction of sp³-hybridized carbons (Fsp3) is 0.0588. The van der Waals surface area contributed by atoms with Crippen LogP contribution in [0.3, 0.4) is 0 Å². The summed E-state index contributed by atoms with van der Waals surface area (Å²) < 4.78 is 113. The summed E-state index contributed by atoms with van der Waals surface area (Å²) in [5.74, 6) is -1.36. The first kappa shape index (κ1) is 34.6. The molecular weight excluding hydrogens is 713 g/mol. The highest BCUT2D eigenvalue weighted by molar-refractivity contribution is 7.86. The number of esters is 2. The second kappa shape index (κ2) is 12.6. The zero-order valence-corrected chi connectivity index (χ0v) is 28.0. The van der Waals surface area contributed by atoms with Gasteiger partial charge in [0.05, 0.1) is 16.2 Å². The number of hydrogen-bond acceptors (Lipinski definition) is 10. The van der Waals surface area contributed by atoms with Crippen LogP contribution in [0.25, 0.3) is 43.4 Å². The Kier molecular flexibility index (Phi) is 8.71. The summed E-state index contributed by atoms with van der Waals surface area (Å²) in [6.07, 6.45) is -0.335. The molecule has 0 amide bonds. The van der Waals surface area contributed by atoms with Crippen LogP contribution in [0, 0.1) is 0 Å². The first-order valence-electron chi connectivity index (χ1n) is 14.4. The van der Waals surface area contributed by atoms with Gasteiger partial charge < -0.3 is 9.47 Å². The van der Waals surface area contributed by atoms with Crippen LogP contribution >= 0.6 is 0 Å². The number of benzene rings is 6. The summed E-state index contributed by atoms with van der Waals surface area (Å²) in [5.41, 5.74) is 0.709. The summed E-state index contributed by atoms with van der Waals surface area (Å²) in [6.45, 7) is 1.17. The molecule has 0 aliphatic rings. The molecule has 0 aliphatic carbocycles. The number of ether oxygens (including phenoxy) is 2. The number of hydrogen-bond donors (Lipinski definition) is 3. The Morgan fingerprint density at radius 2 is 1.26 bits per heavy atom. The van der Waals surface area contributed by atoms with E-state index in [-0.39, 0.29) is 55.5 Å². The predicted molar refractivity (Wildman–Crippen MR) is 181 cm³/mol. The maximum atomic E-state index is 13.1. The van der Waals surface area contributed by atoms with E-state index in [4.69, 9.17) is 9.47 Å². The zero-order chi connectivity index (χ0) is 36.2. The summed E-state index contributed by atoms with van der Waals surface area (Å²) in [5, 5.41) is 1.60. The van der Waals surface area contributed by atoms with Gasteiger partial charge in [0.2, 0.25) is 0 Å². The molecule has 0 aromatic heterocycles. The maximum absolute atomic E-state index is 13.1. The molecule has 50 heavy (non-hydrogen) atoms. The van der Waals surface area contributed by atoms with Gasteiger partial charge in [0.25, 0.3) is 30.4 Å². The van der Waals surface area contributed by atoms with Crippen molar-refractivity contribution in [2.24, 2.45) is 0 Å². The van der Waals surface area contributed by atoms with Crippen LogP contribution in [0.1, 0.15) is 12.5 Å². The van der Waals surface area contributed by atoms with E-state index in [0.717, 1.165) is 18.2 Å². The molecule has 0 spiro atoms. The number of fused-ring (bicyclic) bond motifs is 3. The number of carbonyl (C=O) groups is 2. The van der Waals surface area contributed by atoms with Gasteiger partial charge in [0, 0.05) is 17.7 Å². The third-order valence-corrected chi connectivity index (χ3v) is 10.3. The molecule has 0 unspecified atom stereocenters. The van der Waals surface area contributed by atoms with Crippen molar-refractivity contribution in [2.45, 2.75) is 28.0 Å². The molecule has 16 heteroatoms. The minimum Gasteiger partial charge on any atom is -0.427 e. The van der Waals surface area contributed by atoms with Gasteiger partial charge in [-0.25, -0.2) is 0 Å². The second-order valence-electron chi connectivity index (χ2n) is 11.2. The minimum absolute atomic E-state index is 0.0264. The molecule has 6 rings (SSSR count). The Labute approximate surface area is 284 Å². The third-order valence-electron chi connectivity index (χ3n) is 7.73. The van der Waals surface area contributed by atoms with E-state index in [0.29, 0.717) is 16.3 Å². The van der Waals surface area contributed by atoms with Crippen LogP contribution in [0.4, 0.5) is 0 Å². The lowest BCUT2D eigenvalue weighted by atomic mass is 9.92. The molecule has 0 atom stereocenters. The summed E-state index contributed by atoms with van der Waals surface area (Å²) in [6, 6.07) is 21.9. The Hall–Kier alpha value is -5.23. The number of rotatable bonds is 8. The third kappa shape index (κ3) is 7.07. The standard InChI is InChI=1S/C34H24O13S3/c1-19(35)46-23-14-21-7-8-24(48(37,38)39)17-29(21)30(16-23)31-18-25(49(40,41)42)15-22-12-20(6-9-26(22)31)13-34(36)47-32-10-11-33(50(43,44)45)28-5-3-2-4-27(28)32/h2-12,14-18H,13H2,1H3,(H,37,38,39)(H,40,41,42)(H,43,44,45). The van der Waals surface area contributed by atoms with Crippen LogP contribution in [0.2, 0.25) is 0 Å². The average molecular weight is 737 g/mol. The first-order chi connectivity index (χ1) is 23.4. The van der Waals surface area contributed by atoms with Crippen molar-refractivity contribution in [1.29, 1.82) is 0 Å². The molecule has 256 valence electrons. The smallest absolute Gasteiger partial charge is 0.315 e. The maximum Gasteiger partial charge on any atom is 0.315 e. The van der Waals surface area contributed by atoms with Crippen LogP contribution in [-0.2, 0) is 46.4 Å². The van der Waals surface area contributed by atoms with Gasteiger partial charge in [-0.15, -0.1) is 0 Å². The molecule has 0 bridgehead atoms. The van der Waals surface area contributed by atoms with Crippen LogP contribution in [0.15, 0.2) is 112 Å². The molecule has 0 saturated heterocycles. The van der Waals surface area contributed by atoms with Crippen LogP contribution in [0.5, 0.6) is 11.5 Å². The van der Waals surface area contributed by atoms with Gasteiger partial charge >= 0.3 is 11.9 Å². The van der Waals surface area contributed by atoms with E-state index in [1.54, 1.807) is 24.3 Å². The van der Waals surface area contributed by atoms with E-state index in [1.165, 1.54) is 61.5 Å². The highest BCUT2D eigenvalue weighted by Crippen LogP contribution is 2.40. The van der Waals surface area contributed by atoms with Crippen molar-refractivity contribution in [3.8, 4) is 22.6 Å². The van der Waals surface area contributed by atoms with Gasteiger partial charge in [-0.05, 0) is 86.8 Å². The molecule has 3 N–H and O–H groups in total. The molecule has 6 aromatic rings. The van der Waals surface area contributed by atoms with Crippen molar-refractivity contribution >= 4 is 74.6 Å². The van der Waals surface area contributed by atoms with Crippen molar-refractivity contribution in [2.75, 3.05) is 0 Å². The van der Waals surface area contributed by atoms with Crippen molar-refractivity contribution < 1.29 is 58.0 Å². The number of carbonyl (C=O) groups excluding carboxylic acids is 2. The lowest BCUT2D eigenvalue weighted by molar-refractivity contribution is -0.134. The molecule has 0 saturated carbocycles. The first-order valence-corrected chi connectivity index (χ1v) is 18.7. The molecule has 0 heterocycles. The fourth-order valence-corrected chi connectivity index (χ4v) is 7.42. The van der Waals surface area contributed by atoms with Gasteiger partial charge in [0.1, 0.15) is 16.4 Å². The molecule has 0 fully saturated rings. The van der Waals surface area contributed by atoms with Crippen molar-refractivity contribution in [3.05, 3.63) is 103 Å². The fourth-order valence-electron chi connectivity index (χ4n) is 5.67. The van der Waals surface area contributed by atoms with Crippen LogP contribution in [-0.4, -0.2) is 50.9 Å². The Morgan fingerprint density at radius 1 is 0.580 bits per heavy atom. The monoisotopic (exact) mass is 736 g/mol. The van der Waals surface area contributed by atoms with E-state index in [1.807, 2.05) is 0 Å². The molecular formula is C34H24O13S3. The molecule has 0 radical (unpaired) electrons. The SMILES string of the molecule is CC(=O)Oc1cc(-c2cc(S(=O)(=O)O)cc3cc(CC(=O)Oc4ccc(S(=O)(=O)O)c5ccccc45)ccc23)c2cc(S(=O)(=O)O)ccc2c1. The lowest BCUT2D eigenvalue weighted by Gasteiger charge is -2.15. The summed E-state index contributed by atoms with van der Waals surface area (Å²) in [4.78, 5) is 23.6. The minimum atomic E-state index is -4.82. The van der Waals surface area contributed by atoms with Gasteiger partial charge in [0.15, 0.2) is 0 Å². The Morgan fingerprint density at radius 3 is 1.92 bits per heavy atom. The molecule has 0 aliphatic heterocycles. The van der Waals surface area contributed by atoms with Gasteiger partial charge in [-0.2, -0.15) is 25.3 Å². The average Bonchev–Trinajstić information content (AvgIpc) is 3.02. The highest BCUT2D eigenvalue weighted by atomic mass is 32.2. The largest absolute Gasteiger partial charge is 0.427 e. The molecule has 6 aromatic carbocycles. The van der Waals surface area contributed by atoms with E-state index in [9.17, 15) is 48.5 Å². The van der Waals surface area contributed by atoms with E-state index in [2.05, 4.69) is 0 Å². The molecule has 13 nitrogen and oxygen atoms in total. The van der Waals surface area contributed by atoms with E-state index < -0.39 is 52.1 Å². The second-order valence-corrected chi connectivity index (χ2v) is 15.4. The summed E-state index contributed by atoms with van der Waals surface area (Å²) >= 11 is 0. The van der Waals surface area contributed by atoms with Crippen molar-refractivity contribution in [1.82, 2.24) is 0 Å². The Balaban J connectivity index is 1.46. The normalized spacial score (nSPS) is 12.3. The van der Waals surface area contributed by atoms with Gasteiger partial charge in [-0.1, -0.05) is 48.5 Å². The summed E-state index contributed by atoms with van der Waals surface area (Å²) in [7, 11) is -14.1. The highest BCUT2D eigenvalue weighted by Gasteiger charge is 2.21. The zero-order valence-electron chi connectivity index (χ0n) is 25.6. The van der Waals surface area contributed by atoms with Gasteiger partial charge in [-0.3, -0.25) is 23.2 Å². The Bertz CT molecular complexity index is 2760. The van der Waals surface area contributed by atoms with Crippen LogP contribution < -0.4 is 9.47 Å². The predicted octanol–water partition coefficient (Wildman–Crippen LogP) is 5.63. The van der Waals surface area contributed by atoms with E-state index >= 15 is 0 Å². The lowest BCUT2D eigenvalue weighted by Crippen LogP contribution is -2.12. The topological polar surface area (TPSA) is 216 Å². The van der Waals surface area contributed by atoms with Crippen molar-refractivity contribution in [3.63, 3.8) is 0 Å².